The van der Waals surface area contributed by atoms with Crippen LogP contribution in [0.2, 0.25) is 0 Å². The van der Waals surface area contributed by atoms with Gasteiger partial charge in [0.1, 0.15) is 6.54 Å². The number of aromatic carboxylic acids is 1. The molecule has 126 valence electrons. The van der Waals surface area contributed by atoms with E-state index in [1.54, 1.807) is 24.3 Å². The fourth-order valence-electron chi connectivity index (χ4n) is 1.90. The number of carboxylic acids is 1. The molecular formula is C15H17N5O4. The summed E-state index contributed by atoms with van der Waals surface area (Å²) in [7, 11) is 0. The second-order valence-corrected chi connectivity index (χ2v) is 4.99. The van der Waals surface area contributed by atoms with E-state index in [9.17, 15) is 14.4 Å². The molecule has 0 aliphatic rings. The molecule has 2 amide bonds. The van der Waals surface area contributed by atoms with Gasteiger partial charge in [-0.25, -0.2) is 9.48 Å². The highest BCUT2D eigenvalue weighted by atomic mass is 16.4. The molecule has 1 aromatic heterocycles. The third kappa shape index (κ3) is 4.63. The number of nitrogens with zero attached hydrogens (tertiary/aromatic N) is 3. The number of hydrogen-bond acceptors (Lipinski definition) is 5. The molecule has 0 unspecified atom stereocenters. The van der Waals surface area contributed by atoms with Crippen molar-refractivity contribution in [2.45, 2.75) is 19.9 Å². The van der Waals surface area contributed by atoms with Crippen molar-refractivity contribution in [3.8, 4) is 0 Å². The molecule has 0 spiro atoms. The van der Waals surface area contributed by atoms with E-state index in [2.05, 4.69) is 20.9 Å². The fraction of sp³-hybridized carbons (Fsp3) is 0.267. The number of nitrogens with one attached hydrogen (secondary N) is 2. The van der Waals surface area contributed by atoms with Crippen LogP contribution in [-0.2, 0) is 11.3 Å². The second kappa shape index (κ2) is 7.86. The summed E-state index contributed by atoms with van der Waals surface area (Å²) in [6, 6.07) is 6.52. The van der Waals surface area contributed by atoms with Gasteiger partial charge in [-0.15, -0.1) is 5.10 Å². The highest BCUT2D eigenvalue weighted by molar-refractivity contribution is 5.97. The van der Waals surface area contributed by atoms with Gasteiger partial charge in [-0.05, 0) is 24.6 Å². The summed E-state index contributed by atoms with van der Waals surface area (Å²) in [6.07, 6.45) is 1.99. The van der Waals surface area contributed by atoms with E-state index in [0.29, 0.717) is 17.8 Å². The molecular weight excluding hydrogens is 314 g/mol. The molecule has 0 saturated heterocycles. The summed E-state index contributed by atoms with van der Waals surface area (Å²) in [6.45, 7) is 2.34. The number of hydrogen-bond donors (Lipinski definition) is 3. The van der Waals surface area contributed by atoms with Crippen LogP contribution in [0.15, 0.2) is 30.5 Å². The highest BCUT2D eigenvalue weighted by Crippen LogP contribution is 2.11. The molecule has 2 aromatic rings. The fourth-order valence-corrected chi connectivity index (χ4v) is 1.90. The zero-order chi connectivity index (χ0) is 17.5. The second-order valence-electron chi connectivity index (χ2n) is 4.99. The van der Waals surface area contributed by atoms with Gasteiger partial charge in [0.05, 0.1) is 6.20 Å². The summed E-state index contributed by atoms with van der Waals surface area (Å²) in [5, 5.41) is 21.1. The molecule has 0 radical (unpaired) electrons. The van der Waals surface area contributed by atoms with Crippen LogP contribution in [0.5, 0.6) is 0 Å². The summed E-state index contributed by atoms with van der Waals surface area (Å²) >= 11 is 0. The molecule has 9 nitrogen and oxygen atoms in total. The van der Waals surface area contributed by atoms with Gasteiger partial charge < -0.3 is 15.7 Å². The molecule has 0 aliphatic heterocycles. The summed E-state index contributed by atoms with van der Waals surface area (Å²) < 4.78 is 1.12. The average molecular weight is 331 g/mol. The third-order valence-electron chi connectivity index (χ3n) is 3.01. The number of amides is 2. The van der Waals surface area contributed by atoms with Gasteiger partial charge in [0.15, 0.2) is 5.69 Å². The van der Waals surface area contributed by atoms with Gasteiger partial charge >= 0.3 is 5.97 Å². The van der Waals surface area contributed by atoms with Crippen LogP contribution < -0.4 is 10.6 Å². The molecule has 0 aliphatic carbocycles. The lowest BCUT2D eigenvalue weighted by molar-refractivity contribution is -0.116. The Morgan fingerprint density at radius 1 is 1.29 bits per heavy atom. The molecule has 0 saturated carbocycles. The van der Waals surface area contributed by atoms with Gasteiger partial charge in [0.25, 0.3) is 5.91 Å². The van der Waals surface area contributed by atoms with Crippen LogP contribution in [0.1, 0.15) is 34.2 Å². The normalized spacial score (nSPS) is 10.2. The lowest BCUT2D eigenvalue weighted by atomic mass is 10.2. The van der Waals surface area contributed by atoms with E-state index in [4.69, 9.17) is 5.11 Å². The van der Waals surface area contributed by atoms with Gasteiger partial charge in [0, 0.05) is 17.8 Å². The number of carbonyl (C=O) groups is 3. The smallest absolute Gasteiger partial charge is 0.358 e. The highest BCUT2D eigenvalue weighted by Gasteiger charge is 2.11. The Bertz CT molecular complexity index is 756. The van der Waals surface area contributed by atoms with E-state index in [-0.39, 0.29) is 18.1 Å². The van der Waals surface area contributed by atoms with Crippen LogP contribution in [0.3, 0.4) is 0 Å². The van der Waals surface area contributed by atoms with Crippen LogP contribution in [0.25, 0.3) is 0 Å². The van der Waals surface area contributed by atoms with Crippen molar-refractivity contribution in [3.63, 3.8) is 0 Å². The van der Waals surface area contributed by atoms with Crippen LogP contribution >= 0.6 is 0 Å². The van der Waals surface area contributed by atoms with E-state index < -0.39 is 11.9 Å². The zero-order valence-electron chi connectivity index (χ0n) is 13.0. The van der Waals surface area contributed by atoms with Gasteiger partial charge in [-0.2, -0.15) is 0 Å². The molecule has 1 aromatic carbocycles. The Morgan fingerprint density at radius 2 is 2.08 bits per heavy atom. The number of carbonyl (C=O) groups excluding carboxylic acids is 2. The Kier molecular flexibility index (Phi) is 5.61. The van der Waals surface area contributed by atoms with Gasteiger partial charge in [0.2, 0.25) is 5.91 Å². The lowest BCUT2D eigenvalue weighted by Crippen LogP contribution is -2.24. The van der Waals surface area contributed by atoms with Crippen molar-refractivity contribution < 1.29 is 19.5 Å². The number of aromatic nitrogens is 3. The van der Waals surface area contributed by atoms with Gasteiger partial charge in [-0.3, -0.25) is 9.59 Å². The lowest BCUT2D eigenvalue weighted by Gasteiger charge is -2.08. The first kappa shape index (κ1) is 17.1. The molecule has 0 atom stereocenters. The number of rotatable bonds is 7. The quantitative estimate of drug-likeness (QED) is 0.687. The van der Waals surface area contributed by atoms with Crippen molar-refractivity contribution in [1.82, 2.24) is 20.3 Å². The standard InChI is InChI=1S/C15H17N5O4/c1-2-6-16-14(22)10-4-3-5-11(7-10)17-13(21)9-20-8-12(15(23)24)18-19-20/h3-5,7-8H,2,6,9H2,1H3,(H,16,22)(H,17,21)(H,23,24). The minimum absolute atomic E-state index is 0.188. The molecule has 1 heterocycles. The minimum Gasteiger partial charge on any atom is -0.476 e. The third-order valence-corrected chi connectivity index (χ3v) is 3.01. The predicted octanol–water partition coefficient (Wildman–Crippen LogP) is 0.755. The van der Waals surface area contributed by atoms with Crippen molar-refractivity contribution in [1.29, 1.82) is 0 Å². The van der Waals surface area contributed by atoms with E-state index >= 15 is 0 Å². The number of carboxylic acid groups (broad SMARTS) is 1. The predicted molar refractivity (Wildman–Crippen MR) is 84.7 cm³/mol. The van der Waals surface area contributed by atoms with Crippen LogP contribution in [0, 0.1) is 0 Å². The Balaban J connectivity index is 1.98. The Labute approximate surface area is 137 Å². The van der Waals surface area contributed by atoms with E-state index in [1.807, 2.05) is 6.92 Å². The minimum atomic E-state index is -1.22. The maximum Gasteiger partial charge on any atom is 0.358 e. The molecule has 2 rings (SSSR count). The molecule has 0 bridgehead atoms. The average Bonchev–Trinajstić information content (AvgIpc) is 3.01. The molecule has 0 fully saturated rings. The summed E-state index contributed by atoms with van der Waals surface area (Å²) in [4.78, 5) is 34.6. The molecule has 3 N–H and O–H groups in total. The Morgan fingerprint density at radius 3 is 2.75 bits per heavy atom. The zero-order valence-corrected chi connectivity index (χ0v) is 13.0. The Hall–Kier alpha value is -3.23. The maximum atomic E-state index is 12.0. The monoisotopic (exact) mass is 331 g/mol. The summed E-state index contributed by atoms with van der Waals surface area (Å²) in [5.74, 6) is -1.84. The van der Waals surface area contributed by atoms with Crippen LogP contribution in [-0.4, -0.2) is 44.4 Å². The van der Waals surface area contributed by atoms with Crippen molar-refractivity contribution in [2.24, 2.45) is 0 Å². The molecule has 9 heteroatoms. The largest absolute Gasteiger partial charge is 0.476 e. The first-order chi connectivity index (χ1) is 11.5. The van der Waals surface area contributed by atoms with Crippen molar-refractivity contribution >= 4 is 23.5 Å². The summed E-state index contributed by atoms with van der Waals surface area (Å²) in [5.41, 5.74) is 0.662. The first-order valence-corrected chi connectivity index (χ1v) is 7.31. The first-order valence-electron chi connectivity index (χ1n) is 7.31. The van der Waals surface area contributed by atoms with E-state index in [1.165, 1.54) is 0 Å². The van der Waals surface area contributed by atoms with Gasteiger partial charge in [-0.1, -0.05) is 18.2 Å². The van der Waals surface area contributed by atoms with Crippen molar-refractivity contribution in [3.05, 3.63) is 41.7 Å². The van der Waals surface area contributed by atoms with Crippen molar-refractivity contribution in [2.75, 3.05) is 11.9 Å². The van der Waals surface area contributed by atoms with E-state index in [0.717, 1.165) is 17.3 Å². The number of anilines is 1. The topological polar surface area (TPSA) is 126 Å². The van der Waals surface area contributed by atoms with Crippen LogP contribution in [0.4, 0.5) is 5.69 Å². The SMILES string of the molecule is CCCNC(=O)c1cccc(NC(=O)Cn2cc(C(=O)O)nn2)c1. The maximum absolute atomic E-state index is 12.0. The molecule has 24 heavy (non-hydrogen) atoms. The number of benzene rings is 1.